The van der Waals surface area contributed by atoms with Crippen LogP contribution in [0.15, 0.2) is 18.2 Å². The normalized spacial score (nSPS) is 13.6. The summed E-state index contributed by atoms with van der Waals surface area (Å²) < 4.78 is 0. The van der Waals surface area contributed by atoms with Crippen LogP contribution in [0.5, 0.6) is 0 Å². The molecule has 1 aliphatic rings. The molecule has 1 heteroatoms. The third-order valence-electron chi connectivity index (χ3n) is 2.80. The molecule has 0 amide bonds. The van der Waals surface area contributed by atoms with Crippen LogP contribution in [0.25, 0.3) is 0 Å². The molecular weight excluding hydrogens is 182 g/mol. The molecule has 84 valence electrons. The fourth-order valence-electron chi connectivity index (χ4n) is 2.05. The minimum Gasteiger partial charge on any atom is -0.369 e. The first kappa shape index (κ1) is 12.1. The Kier molecular flexibility index (Phi) is 4.19. The third-order valence-corrected chi connectivity index (χ3v) is 2.80. The Morgan fingerprint density at radius 1 is 1.20 bits per heavy atom. The highest BCUT2D eigenvalue weighted by atomic mass is 15.2. The van der Waals surface area contributed by atoms with Crippen LogP contribution in [0.3, 0.4) is 0 Å². The molecule has 2 rings (SSSR count). The van der Waals surface area contributed by atoms with Gasteiger partial charge in [0.2, 0.25) is 0 Å². The molecule has 0 spiro atoms. The van der Waals surface area contributed by atoms with E-state index < -0.39 is 0 Å². The molecule has 1 aliphatic heterocycles. The molecule has 1 aromatic carbocycles. The number of benzene rings is 1. The lowest BCUT2D eigenvalue weighted by molar-refractivity contribution is 0.710. The van der Waals surface area contributed by atoms with Gasteiger partial charge in [-0.05, 0) is 44.4 Å². The maximum Gasteiger partial charge on any atom is 0.0404 e. The summed E-state index contributed by atoms with van der Waals surface area (Å²) in [5.41, 5.74) is 4.33. The van der Waals surface area contributed by atoms with Gasteiger partial charge < -0.3 is 4.90 Å². The Morgan fingerprint density at radius 2 is 1.87 bits per heavy atom. The van der Waals surface area contributed by atoms with Crippen molar-refractivity contribution in [3.8, 4) is 0 Å². The van der Waals surface area contributed by atoms with Crippen LogP contribution >= 0.6 is 0 Å². The van der Waals surface area contributed by atoms with E-state index in [0.29, 0.717) is 6.04 Å². The highest BCUT2D eigenvalue weighted by molar-refractivity contribution is 5.59. The van der Waals surface area contributed by atoms with Crippen LogP contribution in [-0.4, -0.2) is 12.6 Å². The van der Waals surface area contributed by atoms with E-state index in [1.807, 2.05) is 13.8 Å². The molecule has 0 bridgehead atoms. The van der Waals surface area contributed by atoms with Gasteiger partial charge in [-0.2, -0.15) is 0 Å². The summed E-state index contributed by atoms with van der Waals surface area (Å²) >= 11 is 0. The van der Waals surface area contributed by atoms with Gasteiger partial charge in [-0.1, -0.05) is 26.0 Å². The fourth-order valence-corrected chi connectivity index (χ4v) is 2.05. The van der Waals surface area contributed by atoms with Crippen molar-refractivity contribution in [1.82, 2.24) is 0 Å². The Bertz CT molecular complexity index is 315. The van der Waals surface area contributed by atoms with Crippen molar-refractivity contribution in [3.63, 3.8) is 0 Å². The predicted molar refractivity (Wildman–Crippen MR) is 68.7 cm³/mol. The fraction of sp³-hybridized carbons (Fsp3) is 0.571. The second-order valence-corrected chi connectivity index (χ2v) is 4.17. The maximum atomic E-state index is 2.49. The molecule has 0 unspecified atom stereocenters. The van der Waals surface area contributed by atoms with Crippen molar-refractivity contribution in [2.24, 2.45) is 0 Å². The minimum absolute atomic E-state index is 0.628. The van der Waals surface area contributed by atoms with Crippen LogP contribution in [-0.2, 0) is 6.42 Å². The zero-order valence-corrected chi connectivity index (χ0v) is 10.7. The molecule has 0 fully saturated rings. The van der Waals surface area contributed by atoms with E-state index in [1.165, 1.54) is 29.8 Å². The quantitative estimate of drug-likeness (QED) is 0.674. The molecule has 0 saturated heterocycles. The molecule has 1 nitrogen and oxygen atoms in total. The van der Waals surface area contributed by atoms with E-state index in [-0.39, 0.29) is 0 Å². The van der Waals surface area contributed by atoms with Gasteiger partial charge in [-0.3, -0.25) is 0 Å². The summed E-state index contributed by atoms with van der Waals surface area (Å²) in [5.74, 6) is 0. The molecule has 0 radical (unpaired) electrons. The molecule has 0 aromatic heterocycles. The van der Waals surface area contributed by atoms with Crippen LogP contribution in [0.4, 0.5) is 5.69 Å². The number of fused-ring (bicyclic) bond motifs is 1. The van der Waals surface area contributed by atoms with Gasteiger partial charge in [0.05, 0.1) is 0 Å². The molecule has 0 atom stereocenters. The van der Waals surface area contributed by atoms with Gasteiger partial charge in [0.15, 0.2) is 0 Å². The average Bonchev–Trinajstić information content (AvgIpc) is 2.63. The van der Waals surface area contributed by atoms with Gasteiger partial charge in [0, 0.05) is 18.3 Å². The van der Waals surface area contributed by atoms with Crippen molar-refractivity contribution in [2.75, 3.05) is 11.4 Å². The van der Waals surface area contributed by atoms with Gasteiger partial charge in [0.1, 0.15) is 0 Å². The Balaban J connectivity index is 0.000000531. The minimum atomic E-state index is 0.628. The van der Waals surface area contributed by atoms with Crippen molar-refractivity contribution in [1.29, 1.82) is 0 Å². The van der Waals surface area contributed by atoms with E-state index in [2.05, 4.69) is 43.9 Å². The molecule has 1 heterocycles. The predicted octanol–water partition coefficient (Wildman–Crippen LogP) is 3.79. The second kappa shape index (κ2) is 5.20. The third kappa shape index (κ3) is 2.53. The van der Waals surface area contributed by atoms with Crippen LogP contribution in [0.1, 0.15) is 38.8 Å². The monoisotopic (exact) mass is 205 g/mol. The molecule has 1 aromatic rings. The Morgan fingerprint density at radius 3 is 2.47 bits per heavy atom. The van der Waals surface area contributed by atoms with Crippen molar-refractivity contribution in [3.05, 3.63) is 29.3 Å². The maximum absolute atomic E-state index is 2.49. The standard InChI is InChI=1S/C12H17N.C2H6/c1-9(2)13-7-6-11-5-4-10(3)8-12(11)13;1-2/h4-5,8-9H,6-7H2,1-3H3;1-2H3. The summed E-state index contributed by atoms with van der Waals surface area (Å²) in [4.78, 5) is 2.49. The number of hydrogen-bond acceptors (Lipinski definition) is 1. The largest absolute Gasteiger partial charge is 0.369 e. The van der Waals surface area contributed by atoms with Crippen LogP contribution in [0.2, 0.25) is 0 Å². The van der Waals surface area contributed by atoms with Crippen molar-refractivity contribution in [2.45, 2.75) is 47.1 Å². The number of anilines is 1. The highest BCUT2D eigenvalue weighted by Crippen LogP contribution is 2.30. The molecule has 15 heavy (non-hydrogen) atoms. The molecule has 0 N–H and O–H groups in total. The van der Waals surface area contributed by atoms with E-state index in [4.69, 9.17) is 0 Å². The topological polar surface area (TPSA) is 3.24 Å². The number of hydrogen-bond donors (Lipinski definition) is 0. The second-order valence-electron chi connectivity index (χ2n) is 4.17. The summed E-state index contributed by atoms with van der Waals surface area (Å²) in [6.45, 7) is 11.9. The lowest BCUT2D eigenvalue weighted by atomic mass is 10.1. The smallest absolute Gasteiger partial charge is 0.0404 e. The lowest BCUT2D eigenvalue weighted by Crippen LogP contribution is -2.28. The van der Waals surface area contributed by atoms with Gasteiger partial charge in [0.25, 0.3) is 0 Å². The Labute approximate surface area is 94.1 Å². The van der Waals surface area contributed by atoms with E-state index in [9.17, 15) is 0 Å². The van der Waals surface area contributed by atoms with Gasteiger partial charge >= 0.3 is 0 Å². The molecule has 0 saturated carbocycles. The summed E-state index contributed by atoms with van der Waals surface area (Å²) in [6.07, 6.45) is 1.22. The lowest BCUT2D eigenvalue weighted by Gasteiger charge is -2.24. The summed E-state index contributed by atoms with van der Waals surface area (Å²) in [6, 6.07) is 7.42. The zero-order chi connectivity index (χ0) is 11.4. The first-order chi connectivity index (χ1) is 7.18. The zero-order valence-electron chi connectivity index (χ0n) is 10.7. The first-order valence-corrected chi connectivity index (χ1v) is 6.04. The number of rotatable bonds is 1. The number of aryl methyl sites for hydroxylation is 1. The van der Waals surface area contributed by atoms with Gasteiger partial charge in [-0.15, -0.1) is 0 Å². The SMILES string of the molecule is CC.Cc1ccc2c(c1)N(C(C)C)CC2. The van der Waals surface area contributed by atoms with Crippen molar-refractivity contribution >= 4 is 5.69 Å². The number of nitrogens with zero attached hydrogens (tertiary/aromatic N) is 1. The van der Waals surface area contributed by atoms with Crippen LogP contribution < -0.4 is 4.90 Å². The Hall–Kier alpha value is -0.980. The van der Waals surface area contributed by atoms with Crippen molar-refractivity contribution < 1.29 is 0 Å². The van der Waals surface area contributed by atoms with E-state index in [1.54, 1.807) is 0 Å². The first-order valence-electron chi connectivity index (χ1n) is 6.04. The van der Waals surface area contributed by atoms with Crippen LogP contribution in [0, 0.1) is 6.92 Å². The van der Waals surface area contributed by atoms with Gasteiger partial charge in [-0.25, -0.2) is 0 Å². The highest BCUT2D eigenvalue weighted by Gasteiger charge is 2.20. The van der Waals surface area contributed by atoms with E-state index in [0.717, 1.165) is 0 Å². The molecular formula is C14H23N. The van der Waals surface area contributed by atoms with E-state index >= 15 is 0 Å². The average molecular weight is 205 g/mol. The summed E-state index contributed by atoms with van der Waals surface area (Å²) in [7, 11) is 0. The summed E-state index contributed by atoms with van der Waals surface area (Å²) in [5, 5.41) is 0. The molecule has 0 aliphatic carbocycles.